The smallest absolute Gasteiger partial charge is 0.226 e. The maximum Gasteiger partial charge on any atom is 0.226 e. The minimum absolute atomic E-state index is 0.0470. The van der Waals surface area contributed by atoms with Gasteiger partial charge in [0.2, 0.25) is 5.91 Å². The number of thiazole rings is 1. The molecule has 1 amide bonds. The SMILES string of the molecule is C[C@H](NC(=O)Cc1csc(-c2cccnc2)n1)c1ccc(-n2ccnc2)cc1. The van der Waals surface area contributed by atoms with Crippen LogP contribution in [-0.2, 0) is 11.2 Å². The Hall–Kier alpha value is -3.32. The van der Waals surface area contributed by atoms with Gasteiger partial charge in [0.15, 0.2) is 0 Å². The van der Waals surface area contributed by atoms with E-state index in [1.165, 1.54) is 11.3 Å². The number of hydrogen-bond donors (Lipinski definition) is 1. The van der Waals surface area contributed by atoms with E-state index in [-0.39, 0.29) is 18.4 Å². The maximum atomic E-state index is 12.4. The number of imidazole rings is 1. The first kappa shape index (κ1) is 18.1. The minimum Gasteiger partial charge on any atom is -0.349 e. The number of carbonyl (C=O) groups is 1. The lowest BCUT2D eigenvalue weighted by molar-refractivity contribution is -0.121. The van der Waals surface area contributed by atoms with Gasteiger partial charge in [0.25, 0.3) is 0 Å². The number of carbonyl (C=O) groups excluding carboxylic acids is 1. The summed E-state index contributed by atoms with van der Waals surface area (Å²) in [5.41, 5.74) is 3.81. The molecule has 1 atom stereocenters. The van der Waals surface area contributed by atoms with Gasteiger partial charge < -0.3 is 9.88 Å². The van der Waals surface area contributed by atoms with Gasteiger partial charge in [-0.1, -0.05) is 12.1 Å². The van der Waals surface area contributed by atoms with Crippen LogP contribution in [-0.4, -0.2) is 25.4 Å². The molecule has 1 N–H and O–H groups in total. The summed E-state index contributed by atoms with van der Waals surface area (Å²) in [7, 11) is 0. The fourth-order valence-electron chi connectivity index (χ4n) is 2.90. The van der Waals surface area contributed by atoms with E-state index in [1.54, 1.807) is 24.9 Å². The Morgan fingerprint density at radius 2 is 2.04 bits per heavy atom. The monoisotopic (exact) mass is 389 g/mol. The number of aromatic nitrogens is 4. The van der Waals surface area contributed by atoms with Gasteiger partial charge in [-0.15, -0.1) is 11.3 Å². The lowest BCUT2D eigenvalue weighted by atomic mass is 10.1. The molecule has 1 aromatic carbocycles. The third-order valence-electron chi connectivity index (χ3n) is 4.38. The third kappa shape index (κ3) is 4.15. The molecule has 0 saturated carbocycles. The molecular formula is C21H19N5OS. The van der Waals surface area contributed by atoms with E-state index in [1.807, 2.05) is 59.5 Å². The molecular weight excluding hydrogens is 370 g/mol. The highest BCUT2D eigenvalue weighted by Crippen LogP contribution is 2.23. The Morgan fingerprint density at radius 3 is 2.75 bits per heavy atom. The molecule has 4 aromatic rings. The Kier molecular flexibility index (Phi) is 5.25. The predicted molar refractivity (Wildman–Crippen MR) is 109 cm³/mol. The van der Waals surface area contributed by atoms with Crippen LogP contribution in [0.15, 0.2) is 72.9 Å². The van der Waals surface area contributed by atoms with Crippen molar-refractivity contribution >= 4 is 17.2 Å². The van der Waals surface area contributed by atoms with Crippen molar-refractivity contribution in [2.75, 3.05) is 0 Å². The average molecular weight is 389 g/mol. The number of benzene rings is 1. The van der Waals surface area contributed by atoms with Crippen molar-refractivity contribution in [3.05, 3.63) is 84.2 Å². The van der Waals surface area contributed by atoms with Crippen LogP contribution in [0.5, 0.6) is 0 Å². The summed E-state index contributed by atoms with van der Waals surface area (Å²) in [4.78, 5) is 25.1. The molecule has 7 heteroatoms. The number of amides is 1. The lowest BCUT2D eigenvalue weighted by Crippen LogP contribution is -2.28. The van der Waals surface area contributed by atoms with Crippen molar-refractivity contribution < 1.29 is 4.79 Å². The molecule has 0 unspecified atom stereocenters. The number of nitrogens with zero attached hydrogens (tertiary/aromatic N) is 4. The molecule has 140 valence electrons. The summed E-state index contributed by atoms with van der Waals surface area (Å²) in [6.07, 6.45) is 9.16. The second kappa shape index (κ2) is 8.14. The fourth-order valence-corrected chi connectivity index (χ4v) is 3.71. The van der Waals surface area contributed by atoms with Crippen LogP contribution in [0, 0.1) is 0 Å². The summed E-state index contributed by atoms with van der Waals surface area (Å²) in [6, 6.07) is 11.8. The molecule has 0 aliphatic rings. The normalized spacial score (nSPS) is 11.9. The highest BCUT2D eigenvalue weighted by molar-refractivity contribution is 7.13. The van der Waals surface area contributed by atoms with Gasteiger partial charge in [-0.25, -0.2) is 9.97 Å². The van der Waals surface area contributed by atoms with Crippen LogP contribution in [0.2, 0.25) is 0 Å². The first-order valence-corrected chi connectivity index (χ1v) is 9.79. The van der Waals surface area contributed by atoms with E-state index in [2.05, 4.69) is 20.3 Å². The molecule has 0 aliphatic carbocycles. The van der Waals surface area contributed by atoms with E-state index in [0.29, 0.717) is 0 Å². The molecule has 0 saturated heterocycles. The number of rotatable bonds is 6. The highest BCUT2D eigenvalue weighted by Gasteiger charge is 2.13. The van der Waals surface area contributed by atoms with Gasteiger partial charge in [-0.05, 0) is 36.8 Å². The topological polar surface area (TPSA) is 72.7 Å². The third-order valence-corrected chi connectivity index (χ3v) is 5.32. The standard InChI is InChI=1S/C21H19N5OS/c1-15(16-4-6-19(7-5-16)26-10-9-23-14-26)24-20(27)11-18-13-28-21(25-18)17-3-2-8-22-12-17/h2-10,12-15H,11H2,1H3,(H,24,27)/t15-/m0/s1. The summed E-state index contributed by atoms with van der Waals surface area (Å²) < 4.78 is 1.94. The second-order valence-corrected chi connectivity index (χ2v) is 7.27. The summed E-state index contributed by atoms with van der Waals surface area (Å²) >= 11 is 1.52. The first-order valence-electron chi connectivity index (χ1n) is 8.91. The maximum absolute atomic E-state index is 12.4. The van der Waals surface area contributed by atoms with Crippen molar-refractivity contribution in [3.8, 4) is 16.3 Å². The van der Waals surface area contributed by atoms with Crippen molar-refractivity contribution in [3.63, 3.8) is 0 Å². The lowest BCUT2D eigenvalue weighted by Gasteiger charge is -2.14. The molecule has 0 bridgehead atoms. The van der Waals surface area contributed by atoms with E-state index < -0.39 is 0 Å². The molecule has 0 aliphatic heterocycles. The average Bonchev–Trinajstić information content (AvgIpc) is 3.41. The van der Waals surface area contributed by atoms with Crippen molar-refractivity contribution in [2.24, 2.45) is 0 Å². The summed E-state index contributed by atoms with van der Waals surface area (Å²) in [5, 5.41) is 5.84. The Balaban J connectivity index is 1.36. The van der Waals surface area contributed by atoms with Crippen molar-refractivity contribution in [2.45, 2.75) is 19.4 Å². The zero-order valence-electron chi connectivity index (χ0n) is 15.3. The Labute approximate surface area is 166 Å². The van der Waals surface area contributed by atoms with Crippen LogP contribution in [0.3, 0.4) is 0 Å². The Morgan fingerprint density at radius 1 is 1.18 bits per heavy atom. The zero-order chi connectivity index (χ0) is 19.3. The van der Waals surface area contributed by atoms with Crippen LogP contribution in [0.4, 0.5) is 0 Å². The van der Waals surface area contributed by atoms with E-state index >= 15 is 0 Å². The van der Waals surface area contributed by atoms with Gasteiger partial charge in [-0.2, -0.15) is 0 Å². The first-order chi connectivity index (χ1) is 13.7. The second-order valence-electron chi connectivity index (χ2n) is 6.41. The number of hydrogen-bond acceptors (Lipinski definition) is 5. The number of nitrogens with one attached hydrogen (secondary N) is 1. The van der Waals surface area contributed by atoms with Crippen LogP contribution in [0.25, 0.3) is 16.3 Å². The van der Waals surface area contributed by atoms with E-state index in [9.17, 15) is 4.79 Å². The van der Waals surface area contributed by atoms with Crippen LogP contribution >= 0.6 is 11.3 Å². The molecule has 28 heavy (non-hydrogen) atoms. The molecule has 0 fully saturated rings. The molecule has 3 heterocycles. The molecule has 6 nitrogen and oxygen atoms in total. The van der Waals surface area contributed by atoms with E-state index in [4.69, 9.17) is 0 Å². The largest absolute Gasteiger partial charge is 0.349 e. The summed E-state index contributed by atoms with van der Waals surface area (Å²) in [6.45, 7) is 1.98. The Bertz CT molecular complexity index is 1040. The van der Waals surface area contributed by atoms with Crippen molar-refractivity contribution in [1.82, 2.24) is 24.8 Å². The van der Waals surface area contributed by atoms with Crippen molar-refractivity contribution in [1.29, 1.82) is 0 Å². The highest BCUT2D eigenvalue weighted by atomic mass is 32.1. The zero-order valence-corrected chi connectivity index (χ0v) is 16.1. The van der Waals surface area contributed by atoms with Crippen LogP contribution < -0.4 is 5.32 Å². The van der Waals surface area contributed by atoms with Gasteiger partial charge in [-0.3, -0.25) is 9.78 Å². The number of pyridine rings is 1. The van der Waals surface area contributed by atoms with Gasteiger partial charge in [0, 0.05) is 41.4 Å². The summed E-state index contributed by atoms with van der Waals surface area (Å²) in [5.74, 6) is -0.0470. The molecule has 0 spiro atoms. The minimum atomic E-state index is -0.0826. The molecule has 3 aromatic heterocycles. The van der Waals surface area contributed by atoms with Gasteiger partial charge in [0.05, 0.1) is 24.5 Å². The predicted octanol–water partition coefficient (Wildman–Crippen LogP) is 3.81. The fraction of sp³-hybridized carbons (Fsp3) is 0.143. The molecule has 4 rings (SSSR count). The van der Waals surface area contributed by atoms with Gasteiger partial charge in [0.1, 0.15) is 5.01 Å². The quantitative estimate of drug-likeness (QED) is 0.544. The van der Waals surface area contributed by atoms with Crippen LogP contribution in [0.1, 0.15) is 24.2 Å². The van der Waals surface area contributed by atoms with E-state index in [0.717, 1.165) is 27.5 Å². The molecule has 0 radical (unpaired) electrons. The van der Waals surface area contributed by atoms with Gasteiger partial charge >= 0.3 is 0 Å².